The highest BCUT2D eigenvalue weighted by Crippen LogP contribution is 2.29. The zero-order chi connectivity index (χ0) is 10.7. The molecule has 84 valence electrons. The molecule has 1 fully saturated rings. The quantitative estimate of drug-likeness (QED) is 0.886. The minimum Gasteiger partial charge on any atom is -0.357 e. The van der Waals surface area contributed by atoms with Crippen LogP contribution in [-0.2, 0) is 0 Å². The molecule has 0 bridgehead atoms. The van der Waals surface area contributed by atoms with E-state index in [-0.39, 0.29) is 0 Å². The van der Waals surface area contributed by atoms with E-state index in [0.29, 0.717) is 6.04 Å². The summed E-state index contributed by atoms with van der Waals surface area (Å²) in [7, 11) is 0. The van der Waals surface area contributed by atoms with Gasteiger partial charge in [0.1, 0.15) is 5.01 Å². The zero-order valence-electron chi connectivity index (χ0n) is 9.19. The zero-order valence-corrected chi connectivity index (χ0v) is 10.8. The fraction of sp³-hybridized carbons (Fsp3) is 0.800. The molecule has 0 radical (unpaired) electrons. The summed E-state index contributed by atoms with van der Waals surface area (Å²) in [5.41, 5.74) is 0. The van der Waals surface area contributed by atoms with Crippen molar-refractivity contribution >= 4 is 28.2 Å². The first-order chi connectivity index (χ1) is 7.28. The van der Waals surface area contributed by atoms with Gasteiger partial charge in [0.25, 0.3) is 0 Å². The first-order valence-electron chi connectivity index (χ1n) is 5.37. The Morgan fingerprint density at radius 1 is 1.27 bits per heavy atom. The van der Waals surface area contributed by atoms with E-state index in [4.69, 9.17) is 0 Å². The number of nitrogens with one attached hydrogen (secondary N) is 1. The fourth-order valence-electron chi connectivity index (χ4n) is 1.97. The van der Waals surface area contributed by atoms with E-state index < -0.39 is 0 Å². The van der Waals surface area contributed by atoms with Crippen LogP contribution in [-0.4, -0.2) is 27.7 Å². The summed E-state index contributed by atoms with van der Waals surface area (Å²) >= 11 is 3.65. The van der Waals surface area contributed by atoms with Crippen LogP contribution in [0, 0.1) is 6.92 Å². The molecule has 0 unspecified atom stereocenters. The molecule has 1 heterocycles. The van der Waals surface area contributed by atoms with E-state index in [9.17, 15) is 0 Å². The van der Waals surface area contributed by atoms with Gasteiger partial charge in [-0.3, -0.25) is 0 Å². The van der Waals surface area contributed by atoms with Crippen LogP contribution in [0.2, 0.25) is 0 Å². The molecule has 1 aromatic rings. The molecule has 3 nitrogen and oxygen atoms in total. The van der Waals surface area contributed by atoms with E-state index in [1.807, 2.05) is 18.7 Å². The Morgan fingerprint density at radius 2 is 2.00 bits per heavy atom. The summed E-state index contributed by atoms with van der Waals surface area (Å²) in [6.45, 7) is 1.99. The maximum absolute atomic E-state index is 4.10. The fourth-order valence-corrected chi connectivity index (χ4v) is 3.38. The predicted molar refractivity (Wildman–Crippen MR) is 67.8 cm³/mol. The lowest BCUT2D eigenvalue weighted by Gasteiger charge is -2.27. The van der Waals surface area contributed by atoms with Crippen LogP contribution < -0.4 is 5.32 Å². The van der Waals surface area contributed by atoms with Crippen molar-refractivity contribution in [3.63, 3.8) is 0 Å². The molecule has 1 aromatic heterocycles. The number of aryl methyl sites for hydroxylation is 1. The molecule has 2 rings (SSSR count). The Bertz CT molecular complexity index is 305. The molecule has 15 heavy (non-hydrogen) atoms. The lowest BCUT2D eigenvalue weighted by molar-refractivity contribution is 0.473. The van der Waals surface area contributed by atoms with Crippen molar-refractivity contribution < 1.29 is 0 Å². The summed E-state index contributed by atoms with van der Waals surface area (Å²) in [5, 5.41) is 14.5. The standard InChI is InChI=1S/C10H17N3S2/c1-7-12-13-10(15-7)11-8-3-5-9(14-2)6-4-8/h8-9H,3-6H2,1-2H3,(H,11,13). The largest absolute Gasteiger partial charge is 0.357 e. The number of rotatable bonds is 3. The second kappa shape index (κ2) is 5.16. The lowest BCUT2D eigenvalue weighted by Crippen LogP contribution is -2.26. The maximum atomic E-state index is 4.10. The van der Waals surface area contributed by atoms with Crippen molar-refractivity contribution in [3.05, 3.63) is 5.01 Å². The van der Waals surface area contributed by atoms with Gasteiger partial charge in [0.2, 0.25) is 5.13 Å². The second-order valence-electron chi connectivity index (χ2n) is 3.98. The van der Waals surface area contributed by atoms with Crippen molar-refractivity contribution in [2.24, 2.45) is 0 Å². The van der Waals surface area contributed by atoms with Gasteiger partial charge in [-0.15, -0.1) is 10.2 Å². The average Bonchev–Trinajstić information content (AvgIpc) is 2.65. The van der Waals surface area contributed by atoms with Gasteiger partial charge < -0.3 is 5.32 Å². The van der Waals surface area contributed by atoms with Crippen molar-refractivity contribution in [1.82, 2.24) is 10.2 Å². The molecule has 0 aliphatic heterocycles. The molecule has 0 saturated heterocycles. The molecule has 1 aliphatic carbocycles. The van der Waals surface area contributed by atoms with Gasteiger partial charge in [0.15, 0.2) is 0 Å². The number of hydrogen-bond donors (Lipinski definition) is 1. The van der Waals surface area contributed by atoms with Crippen molar-refractivity contribution in [2.45, 2.75) is 43.9 Å². The van der Waals surface area contributed by atoms with Crippen LogP contribution in [0.1, 0.15) is 30.7 Å². The van der Waals surface area contributed by atoms with Crippen LogP contribution in [0.25, 0.3) is 0 Å². The normalized spacial score (nSPS) is 26.5. The Kier molecular flexibility index (Phi) is 3.86. The number of thioether (sulfide) groups is 1. The van der Waals surface area contributed by atoms with Crippen molar-refractivity contribution in [2.75, 3.05) is 11.6 Å². The van der Waals surface area contributed by atoms with Crippen LogP contribution in [0.5, 0.6) is 0 Å². The molecule has 0 spiro atoms. The Morgan fingerprint density at radius 3 is 2.53 bits per heavy atom. The monoisotopic (exact) mass is 243 g/mol. The van der Waals surface area contributed by atoms with Crippen molar-refractivity contribution in [3.8, 4) is 0 Å². The predicted octanol–water partition coefficient (Wildman–Crippen LogP) is 2.93. The topological polar surface area (TPSA) is 37.8 Å². The van der Waals surface area contributed by atoms with Crippen LogP contribution >= 0.6 is 23.1 Å². The first-order valence-corrected chi connectivity index (χ1v) is 7.48. The van der Waals surface area contributed by atoms with Gasteiger partial charge in [0.05, 0.1) is 0 Å². The van der Waals surface area contributed by atoms with Gasteiger partial charge in [0, 0.05) is 11.3 Å². The highest BCUT2D eigenvalue weighted by molar-refractivity contribution is 7.99. The molecule has 1 saturated carbocycles. The van der Waals surface area contributed by atoms with E-state index >= 15 is 0 Å². The Hall–Kier alpha value is -0.290. The molecule has 1 aliphatic rings. The number of nitrogens with zero attached hydrogens (tertiary/aromatic N) is 2. The molecule has 0 aromatic carbocycles. The van der Waals surface area contributed by atoms with Gasteiger partial charge in [-0.1, -0.05) is 11.3 Å². The van der Waals surface area contributed by atoms with Gasteiger partial charge >= 0.3 is 0 Å². The average molecular weight is 243 g/mol. The van der Waals surface area contributed by atoms with E-state index in [1.54, 1.807) is 11.3 Å². The smallest absolute Gasteiger partial charge is 0.205 e. The summed E-state index contributed by atoms with van der Waals surface area (Å²) in [6.07, 6.45) is 7.41. The first kappa shape index (κ1) is 11.2. The molecule has 1 N–H and O–H groups in total. The lowest BCUT2D eigenvalue weighted by atomic mass is 9.95. The van der Waals surface area contributed by atoms with Crippen LogP contribution in [0.4, 0.5) is 5.13 Å². The molecule has 0 atom stereocenters. The summed E-state index contributed by atoms with van der Waals surface area (Å²) in [6, 6.07) is 0.612. The highest BCUT2D eigenvalue weighted by atomic mass is 32.2. The Balaban J connectivity index is 1.82. The SMILES string of the molecule is CSC1CCC(Nc2nnc(C)s2)CC1. The summed E-state index contributed by atoms with van der Waals surface area (Å²) in [5.74, 6) is 0. The maximum Gasteiger partial charge on any atom is 0.205 e. The molecule has 5 heteroatoms. The van der Waals surface area contributed by atoms with Gasteiger partial charge in [-0.05, 0) is 38.9 Å². The van der Waals surface area contributed by atoms with E-state index in [0.717, 1.165) is 15.4 Å². The van der Waals surface area contributed by atoms with Crippen LogP contribution in [0.3, 0.4) is 0 Å². The number of aromatic nitrogens is 2. The van der Waals surface area contributed by atoms with Gasteiger partial charge in [-0.2, -0.15) is 11.8 Å². The van der Waals surface area contributed by atoms with Crippen LogP contribution in [0.15, 0.2) is 0 Å². The number of hydrogen-bond acceptors (Lipinski definition) is 5. The van der Waals surface area contributed by atoms with Gasteiger partial charge in [-0.25, -0.2) is 0 Å². The highest BCUT2D eigenvalue weighted by Gasteiger charge is 2.20. The molecule has 0 amide bonds. The molecular formula is C10H17N3S2. The summed E-state index contributed by atoms with van der Waals surface area (Å²) in [4.78, 5) is 0. The minimum absolute atomic E-state index is 0.612. The molecular weight excluding hydrogens is 226 g/mol. The Labute approximate surface area is 99.1 Å². The third kappa shape index (κ3) is 3.08. The van der Waals surface area contributed by atoms with E-state index in [1.165, 1.54) is 25.7 Å². The minimum atomic E-state index is 0.612. The number of anilines is 1. The summed E-state index contributed by atoms with van der Waals surface area (Å²) < 4.78 is 0. The second-order valence-corrected chi connectivity index (χ2v) is 6.30. The van der Waals surface area contributed by atoms with Crippen molar-refractivity contribution in [1.29, 1.82) is 0 Å². The third-order valence-electron chi connectivity index (χ3n) is 2.86. The third-order valence-corrected chi connectivity index (χ3v) is 4.77. The van der Waals surface area contributed by atoms with E-state index in [2.05, 4.69) is 21.8 Å².